The second-order valence-electron chi connectivity index (χ2n) is 4.20. The summed E-state index contributed by atoms with van der Waals surface area (Å²) in [5, 5.41) is 12.0. The molecule has 0 bridgehead atoms. The van der Waals surface area contributed by atoms with Crippen molar-refractivity contribution in [2.24, 2.45) is 0 Å². The van der Waals surface area contributed by atoms with Gasteiger partial charge in [-0.25, -0.2) is 9.78 Å². The maximum Gasteiger partial charge on any atom is 0.335 e. The first-order valence-corrected chi connectivity index (χ1v) is 6.32. The first-order chi connectivity index (χ1) is 9.75. The van der Waals surface area contributed by atoms with Crippen molar-refractivity contribution in [2.75, 3.05) is 13.2 Å². The molecule has 1 aromatic heterocycles. The molecule has 0 saturated carbocycles. The number of nitrogens with one attached hydrogen (secondary N) is 1. The van der Waals surface area contributed by atoms with Gasteiger partial charge >= 0.3 is 5.97 Å². The van der Waals surface area contributed by atoms with Crippen molar-refractivity contribution in [3.05, 3.63) is 59.8 Å². The lowest BCUT2D eigenvalue weighted by Gasteiger charge is -2.07. The van der Waals surface area contributed by atoms with Crippen LogP contribution in [-0.4, -0.2) is 29.2 Å². The number of rotatable bonds is 7. The second kappa shape index (κ2) is 7.25. The molecule has 2 rings (SSSR count). The fraction of sp³-hybridized carbons (Fsp3) is 0.200. The molecular formula is C15H16N2O3. The van der Waals surface area contributed by atoms with Crippen molar-refractivity contribution < 1.29 is 14.6 Å². The van der Waals surface area contributed by atoms with Gasteiger partial charge in [0.2, 0.25) is 5.88 Å². The summed E-state index contributed by atoms with van der Waals surface area (Å²) in [6, 6.07) is 12.3. The van der Waals surface area contributed by atoms with E-state index in [1.54, 1.807) is 30.5 Å². The maximum absolute atomic E-state index is 10.7. The zero-order valence-electron chi connectivity index (χ0n) is 11.0. The van der Waals surface area contributed by atoms with Crippen molar-refractivity contribution in [1.29, 1.82) is 0 Å². The van der Waals surface area contributed by atoms with E-state index in [0.717, 1.165) is 5.56 Å². The minimum Gasteiger partial charge on any atom is -0.478 e. The van der Waals surface area contributed by atoms with E-state index in [0.29, 0.717) is 31.1 Å². The molecule has 1 heterocycles. The van der Waals surface area contributed by atoms with Gasteiger partial charge in [0.25, 0.3) is 0 Å². The summed E-state index contributed by atoms with van der Waals surface area (Å²) in [7, 11) is 0. The monoisotopic (exact) mass is 272 g/mol. The highest BCUT2D eigenvalue weighted by molar-refractivity contribution is 5.87. The van der Waals surface area contributed by atoms with Gasteiger partial charge < -0.3 is 15.2 Å². The van der Waals surface area contributed by atoms with E-state index in [-0.39, 0.29) is 0 Å². The molecule has 20 heavy (non-hydrogen) atoms. The van der Waals surface area contributed by atoms with Gasteiger partial charge in [0.15, 0.2) is 0 Å². The average Bonchev–Trinajstić information content (AvgIpc) is 2.48. The van der Waals surface area contributed by atoms with E-state index in [9.17, 15) is 4.79 Å². The van der Waals surface area contributed by atoms with E-state index in [1.165, 1.54) is 0 Å². The van der Waals surface area contributed by atoms with Gasteiger partial charge in [-0.2, -0.15) is 0 Å². The molecule has 0 radical (unpaired) electrons. The number of aromatic carboxylic acids is 1. The third kappa shape index (κ3) is 4.37. The van der Waals surface area contributed by atoms with Gasteiger partial charge in [0.05, 0.1) is 5.56 Å². The quantitative estimate of drug-likeness (QED) is 0.754. The number of ether oxygens (including phenoxy) is 1. The van der Waals surface area contributed by atoms with Crippen LogP contribution in [0.2, 0.25) is 0 Å². The summed E-state index contributed by atoms with van der Waals surface area (Å²) in [5.74, 6) is -0.298. The predicted molar refractivity (Wildman–Crippen MR) is 74.8 cm³/mol. The summed E-state index contributed by atoms with van der Waals surface area (Å²) >= 11 is 0. The Labute approximate surface area is 117 Å². The van der Waals surface area contributed by atoms with Crippen LogP contribution in [-0.2, 0) is 6.54 Å². The molecule has 0 atom stereocenters. The number of nitrogens with zero attached hydrogens (tertiary/aromatic N) is 1. The number of carbonyl (C=O) groups is 1. The lowest BCUT2D eigenvalue weighted by atomic mass is 10.1. The fourth-order valence-corrected chi connectivity index (χ4v) is 1.66. The number of benzene rings is 1. The highest BCUT2D eigenvalue weighted by Gasteiger charge is 2.01. The van der Waals surface area contributed by atoms with E-state index in [1.807, 2.05) is 18.2 Å². The van der Waals surface area contributed by atoms with Gasteiger partial charge in [-0.15, -0.1) is 0 Å². The molecule has 2 aromatic rings. The van der Waals surface area contributed by atoms with Crippen LogP contribution < -0.4 is 10.1 Å². The third-order valence-electron chi connectivity index (χ3n) is 2.70. The smallest absolute Gasteiger partial charge is 0.335 e. The molecule has 5 heteroatoms. The Kier molecular flexibility index (Phi) is 5.08. The summed E-state index contributed by atoms with van der Waals surface area (Å²) < 4.78 is 5.44. The molecular weight excluding hydrogens is 256 g/mol. The maximum atomic E-state index is 10.7. The molecule has 0 aliphatic heterocycles. The highest BCUT2D eigenvalue weighted by atomic mass is 16.5. The van der Waals surface area contributed by atoms with Crippen LogP contribution in [0.15, 0.2) is 48.7 Å². The lowest BCUT2D eigenvalue weighted by molar-refractivity contribution is 0.0697. The van der Waals surface area contributed by atoms with Crippen LogP contribution in [0.3, 0.4) is 0 Å². The summed E-state index contributed by atoms with van der Waals surface area (Å²) in [4.78, 5) is 14.8. The molecule has 1 aromatic carbocycles. The van der Waals surface area contributed by atoms with Crippen molar-refractivity contribution >= 4 is 5.97 Å². The van der Waals surface area contributed by atoms with Crippen LogP contribution in [0.4, 0.5) is 0 Å². The number of hydrogen-bond acceptors (Lipinski definition) is 4. The fourth-order valence-electron chi connectivity index (χ4n) is 1.66. The molecule has 0 unspecified atom stereocenters. The zero-order valence-corrected chi connectivity index (χ0v) is 11.0. The molecule has 0 amide bonds. The van der Waals surface area contributed by atoms with E-state index >= 15 is 0 Å². The molecule has 0 saturated heterocycles. The molecule has 5 nitrogen and oxygen atoms in total. The summed E-state index contributed by atoms with van der Waals surface area (Å²) in [5.41, 5.74) is 1.33. The van der Waals surface area contributed by atoms with Crippen LogP contribution in [0.1, 0.15) is 15.9 Å². The first-order valence-electron chi connectivity index (χ1n) is 6.32. The molecule has 0 spiro atoms. The zero-order chi connectivity index (χ0) is 14.2. The van der Waals surface area contributed by atoms with Gasteiger partial charge in [-0.3, -0.25) is 0 Å². The van der Waals surface area contributed by atoms with Gasteiger partial charge in [-0.05, 0) is 23.8 Å². The Morgan fingerprint density at radius 2 is 2.00 bits per heavy atom. The Hall–Kier alpha value is -2.40. The minimum atomic E-state index is -0.909. The van der Waals surface area contributed by atoms with Gasteiger partial charge in [0.1, 0.15) is 6.61 Å². The minimum absolute atomic E-state index is 0.298. The Bertz CT molecular complexity index is 541. The van der Waals surface area contributed by atoms with Crippen LogP contribution >= 0.6 is 0 Å². The molecule has 0 aliphatic rings. The van der Waals surface area contributed by atoms with Crippen molar-refractivity contribution in [2.45, 2.75) is 6.54 Å². The van der Waals surface area contributed by atoms with E-state index < -0.39 is 5.97 Å². The van der Waals surface area contributed by atoms with Crippen molar-refractivity contribution in [3.8, 4) is 5.88 Å². The molecule has 2 N–H and O–H groups in total. The number of aromatic nitrogens is 1. The molecule has 0 fully saturated rings. The number of carboxylic acid groups (broad SMARTS) is 1. The highest BCUT2D eigenvalue weighted by Crippen LogP contribution is 2.04. The Morgan fingerprint density at radius 3 is 2.65 bits per heavy atom. The number of hydrogen-bond donors (Lipinski definition) is 2. The lowest BCUT2D eigenvalue weighted by Crippen LogP contribution is -2.20. The third-order valence-corrected chi connectivity index (χ3v) is 2.70. The Morgan fingerprint density at radius 1 is 1.20 bits per heavy atom. The van der Waals surface area contributed by atoms with Crippen LogP contribution in [0.5, 0.6) is 5.88 Å². The first kappa shape index (κ1) is 14.0. The summed E-state index contributed by atoms with van der Waals surface area (Å²) in [6.07, 6.45) is 1.69. The van der Waals surface area contributed by atoms with Crippen molar-refractivity contribution in [1.82, 2.24) is 10.3 Å². The predicted octanol–water partition coefficient (Wildman–Crippen LogP) is 1.95. The van der Waals surface area contributed by atoms with E-state index in [4.69, 9.17) is 9.84 Å². The second-order valence-corrected chi connectivity index (χ2v) is 4.20. The van der Waals surface area contributed by atoms with Crippen LogP contribution in [0, 0.1) is 0 Å². The number of carboxylic acids is 1. The SMILES string of the molecule is O=C(O)c1ccc(CNCCOc2ccccn2)cc1. The van der Waals surface area contributed by atoms with E-state index in [2.05, 4.69) is 10.3 Å². The average molecular weight is 272 g/mol. The summed E-state index contributed by atoms with van der Waals surface area (Å²) in [6.45, 7) is 1.90. The number of pyridine rings is 1. The van der Waals surface area contributed by atoms with Gasteiger partial charge in [0, 0.05) is 25.4 Å². The topological polar surface area (TPSA) is 71.5 Å². The Balaban J connectivity index is 1.67. The van der Waals surface area contributed by atoms with Crippen LogP contribution in [0.25, 0.3) is 0 Å². The van der Waals surface area contributed by atoms with Gasteiger partial charge in [-0.1, -0.05) is 18.2 Å². The normalized spacial score (nSPS) is 10.2. The molecule has 0 aliphatic carbocycles. The standard InChI is InChI=1S/C15H16N2O3/c18-15(19)13-6-4-12(5-7-13)11-16-9-10-20-14-3-1-2-8-17-14/h1-8,16H,9-11H2,(H,18,19). The molecule has 104 valence electrons. The van der Waals surface area contributed by atoms with Crippen molar-refractivity contribution in [3.63, 3.8) is 0 Å². The largest absolute Gasteiger partial charge is 0.478 e.